The fourth-order valence-corrected chi connectivity index (χ4v) is 2.23. The van der Waals surface area contributed by atoms with Crippen molar-refractivity contribution < 1.29 is 19.4 Å². The maximum Gasteiger partial charge on any atom is 0.317 e. The number of urea groups is 1. The number of aliphatic carboxylic acids is 1. The van der Waals surface area contributed by atoms with Crippen molar-refractivity contribution in [3.05, 3.63) is 0 Å². The van der Waals surface area contributed by atoms with Crippen molar-refractivity contribution in [2.24, 2.45) is 5.41 Å². The number of hydrogen-bond donors (Lipinski definition) is 2. The number of carboxylic acids is 1. The van der Waals surface area contributed by atoms with Crippen LogP contribution in [0.5, 0.6) is 0 Å². The van der Waals surface area contributed by atoms with Crippen LogP contribution in [-0.2, 0) is 9.53 Å². The Kier molecular flexibility index (Phi) is 5.40. The van der Waals surface area contributed by atoms with Gasteiger partial charge in [-0.3, -0.25) is 4.79 Å². The Labute approximate surface area is 107 Å². The molecule has 1 saturated carbocycles. The summed E-state index contributed by atoms with van der Waals surface area (Å²) in [6.45, 7) is 1.16. The van der Waals surface area contributed by atoms with Crippen LogP contribution >= 0.6 is 0 Å². The van der Waals surface area contributed by atoms with E-state index in [1.54, 1.807) is 14.2 Å². The van der Waals surface area contributed by atoms with Crippen LogP contribution in [0.25, 0.3) is 0 Å². The number of carboxylic acid groups (broad SMARTS) is 1. The van der Waals surface area contributed by atoms with E-state index in [4.69, 9.17) is 4.74 Å². The van der Waals surface area contributed by atoms with Crippen LogP contribution < -0.4 is 5.32 Å². The number of methoxy groups -OCH3 is 1. The predicted octanol–water partition coefficient (Wildman–Crippen LogP) is 0.919. The molecule has 1 aliphatic rings. The zero-order chi connectivity index (χ0) is 13.6. The Balaban J connectivity index is 2.43. The summed E-state index contributed by atoms with van der Waals surface area (Å²) in [5, 5.41) is 12.0. The third kappa shape index (κ3) is 3.60. The van der Waals surface area contributed by atoms with Gasteiger partial charge in [0.2, 0.25) is 0 Å². The lowest BCUT2D eigenvalue weighted by molar-refractivity contribution is -0.148. The van der Waals surface area contributed by atoms with Crippen LogP contribution in [0.15, 0.2) is 0 Å². The molecule has 0 aromatic rings. The van der Waals surface area contributed by atoms with Crippen LogP contribution in [0.1, 0.15) is 25.7 Å². The SMILES string of the molecule is COCCN(C)C(=O)NCC1(C(=O)O)CCCC1. The molecule has 0 saturated heterocycles. The molecule has 1 aliphatic carbocycles. The summed E-state index contributed by atoms with van der Waals surface area (Å²) in [4.78, 5) is 24.5. The molecule has 0 aromatic heterocycles. The molecule has 1 fully saturated rings. The van der Waals surface area contributed by atoms with Crippen LogP contribution in [0.3, 0.4) is 0 Å². The molecule has 0 unspecified atom stereocenters. The van der Waals surface area contributed by atoms with Gasteiger partial charge in [-0.25, -0.2) is 4.79 Å². The maximum absolute atomic E-state index is 11.7. The molecule has 104 valence electrons. The first-order valence-corrected chi connectivity index (χ1v) is 6.23. The van der Waals surface area contributed by atoms with E-state index in [-0.39, 0.29) is 12.6 Å². The molecule has 6 nitrogen and oxygen atoms in total. The summed E-state index contributed by atoms with van der Waals surface area (Å²) >= 11 is 0. The van der Waals surface area contributed by atoms with Gasteiger partial charge >= 0.3 is 12.0 Å². The van der Waals surface area contributed by atoms with Gasteiger partial charge in [0.15, 0.2) is 0 Å². The van der Waals surface area contributed by atoms with E-state index in [1.165, 1.54) is 4.90 Å². The molecular formula is C12H22N2O4. The first kappa shape index (κ1) is 14.8. The summed E-state index contributed by atoms with van der Waals surface area (Å²) in [5.41, 5.74) is -0.766. The van der Waals surface area contributed by atoms with Gasteiger partial charge < -0.3 is 20.1 Å². The van der Waals surface area contributed by atoms with Gasteiger partial charge in [-0.2, -0.15) is 0 Å². The highest BCUT2D eigenvalue weighted by atomic mass is 16.5. The lowest BCUT2D eigenvalue weighted by Gasteiger charge is -2.26. The van der Waals surface area contributed by atoms with Crippen molar-refractivity contribution in [2.75, 3.05) is 33.9 Å². The minimum Gasteiger partial charge on any atom is -0.481 e. The Bertz CT molecular complexity index is 300. The molecule has 1 rings (SSSR count). The summed E-state index contributed by atoms with van der Waals surface area (Å²) in [6, 6.07) is -0.250. The minimum atomic E-state index is -0.806. The minimum absolute atomic E-state index is 0.207. The van der Waals surface area contributed by atoms with E-state index in [2.05, 4.69) is 5.32 Å². The Hall–Kier alpha value is -1.30. The van der Waals surface area contributed by atoms with E-state index in [0.717, 1.165) is 12.8 Å². The first-order valence-electron chi connectivity index (χ1n) is 6.23. The standard InChI is InChI=1S/C12H22N2O4/c1-14(7-8-18-2)11(17)13-9-12(10(15)16)5-3-4-6-12/h3-9H2,1-2H3,(H,13,17)(H,15,16). The third-order valence-electron chi connectivity index (χ3n) is 3.57. The number of hydrogen-bond acceptors (Lipinski definition) is 3. The second-order valence-corrected chi connectivity index (χ2v) is 4.87. The number of carbonyl (C=O) groups is 2. The molecule has 0 aromatic carbocycles. The lowest BCUT2D eigenvalue weighted by atomic mass is 9.86. The van der Waals surface area contributed by atoms with Crippen molar-refractivity contribution in [1.82, 2.24) is 10.2 Å². The van der Waals surface area contributed by atoms with Gasteiger partial charge in [0.25, 0.3) is 0 Å². The quantitative estimate of drug-likeness (QED) is 0.742. The molecule has 0 heterocycles. The molecule has 0 atom stereocenters. The molecule has 18 heavy (non-hydrogen) atoms. The zero-order valence-corrected chi connectivity index (χ0v) is 11.1. The van der Waals surface area contributed by atoms with Gasteiger partial charge in [-0.05, 0) is 12.8 Å². The highest BCUT2D eigenvalue weighted by Gasteiger charge is 2.41. The van der Waals surface area contributed by atoms with Crippen molar-refractivity contribution in [2.45, 2.75) is 25.7 Å². The molecule has 2 N–H and O–H groups in total. The topological polar surface area (TPSA) is 78.9 Å². The summed E-state index contributed by atoms with van der Waals surface area (Å²) in [5.74, 6) is -0.806. The van der Waals surface area contributed by atoms with Gasteiger partial charge in [0.05, 0.1) is 12.0 Å². The first-order chi connectivity index (χ1) is 8.52. The summed E-state index contributed by atoms with van der Waals surface area (Å²) in [6.07, 6.45) is 3.12. The Morgan fingerprint density at radius 2 is 2.00 bits per heavy atom. The largest absolute Gasteiger partial charge is 0.481 e. The molecule has 6 heteroatoms. The highest BCUT2D eigenvalue weighted by molar-refractivity contribution is 5.78. The zero-order valence-electron chi connectivity index (χ0n) is 11.1. The second-order valence-electron chi connectivity index (χ2n) is 4.87. The van der Waals surface area contributed by atoms with Gasteiger partial charge in [0.1, 0.15) is 0 Å². The third-order valence-corrected chi connectivity index (χ3v) is 3.57. The summed E-state index contributed by atoms with van der Waals surface area (Å²) in [7, 11) is 3.24. The average Bonchev–Trinajstić information content (AvgIpc) is 2.83. The Morgan fingerprint density at radius 1 is 1.39 bits per heavy atom. The predicted molar refractivity (Wildman–Crippen MR) is 66.4 cm³/mol. The van der Waals surface area contributed by atoms with Crippen LogP contribution in [0.2, 0.25) is 0 Å². The summed E-state index contributed by atoms with van der Waals surface area (Å²) < 4.78 is 4.88. The molecule has 0 radical (unpaired) electrons. The molecule has 0 bridgehead atoms. The number of nitrogens with one attached hydrogen (secondary N) is 1. The highest BCUT2D eigenvalue weighted by Crippen LogP contribution is 2.37. The maximum atomic E-state index is 11.7. The molecular weight excluding hydrogens is 236 g/mol. The second kappa shape index (κ2) is 6.58. The monoisotopic (exact) mass is 258 g/mol. The normalized spacial score (nSPS) is 17.4. The van der Waals surface area contributed by atoms with E-state index < -0.39 is 11.4 Å². The number of amides is 2. The van der Waals surface area contributed by atoms with E-state index >= 15 is 0 Å². The Morgan fingerprint density at radius 3 is 2.50 bits per heavy atom. The number of carbonyl (C=O) groups excluding carboxylic acids is 1. The van der Waals surface area contributed by atoms with Crippen LogP contribution in [-0.4, -0.2) is 55.9 Å². The molecule has 0 spiro atoms. The fraction of sp³-hybridized carbons (Fsp3) is 0.833. The average molecular weight is 258 g/mol. The van der Waals surface area contributed by atoms with Crippen molar-refractivity contribution >= 4 is 12.0 Å². The van der Waals surface area contributed by atoms with Gasteiger partial charge in [-0.1, -0.05) is 12.8 Å². The van der Waals surface area contributed by atoms with Crippen LogP contribution in [0.4, 0.5) is 4.79 Å². The smallest absolute Gasteiger partial charge is 0.317 e. The molecule has 2 amide bonds. The van der Waals surface area contributed by atoms with Gasteiger partial charge in [-0.15, -0.1) is 0 Å². The van der Waals surface area contributed by atoms with E-state index in [1.807, 2.05) is 0 Å². The lowest BCUT2D eigenvalue weighted by Crippen LogP contribution is -2.46. The van der Waals surface area contributed by atoms with Crippen LogP contribution in [0, 0.1) is 5.41 Å². The van der Waals surface area contributed by atoms with Gasteiger partial charge in [0, 0.05) is 27.2 Å². The van der Waals surface area contributed by atoms with E-state index in [0.29, 0.717) is 26.0 Å². The van der Waals surface area contributed by atoms with Crippen molar-refractivity contribution in [3.8, 4) is 0 Å². The van der Waals surface area contributed by atoms with Crippen molar-refractivity contribution in [1.29, 1.82) is 0 Å². The number of ether oxygens (including phenoxy) is 1. The van der Waals surface area contributed by atoms with E-state index in [9.17, 15) is 14.7 Å². The molecule has 0 aliphatic heterocycles. The number of nitrogens with zero attached hydrogens (tertiary/aromatic N) is 1. The number of rotatable bonds is 6. The fourth-order valence-electron chi connectivity index (χ4n) is 2.23. The number of likely N-dealkylation sites (N-methyl/N-ethyl adjacent to an activating group) is 1. The van der Waals surface area contributed by atoms with Crippen molar-refractivity contribution in [3.63, 3.8) is 0 Å².